The first-order chi connectivity index (χ1) is 11.1. The van der Waals surface area contributed by atoms with Crippen LogP contribution in [0.25, 0.3) is 10.8 Å². The fourth-order valence-corrected chi connectivity index (χ4v) is 2.56. The lowest BCUT2D eigenvalue weighted by Crippen LogP contribution is -2.15. The number of nitrogens with zero attached hydrogens (tertiary/aromatic N) is 2. The average Bonchev–Trinajstić information content (AvgIpc) is 2.57. The van der Waals surface area contributed by atoms with Crippen molar-refractivity contribution < 1.29 is 9.53 Å². The average molecular weight is 307 g/mol. The topological polar surface area (TPSA) is 64.1 Å². The zero-order valence-corrected chi connectivity index (χ0v) is 13.3. The third kappa shape index (κ3) is 2.85. The molecular weight excluding hydrogens is 290 g/mol. The van der Waals surface area contributed by atoms with Gasteiger partial charge in [-0.3, -0.25) is 4.79 Å². The van der Waals surface area contributed by atoms with E-state index in [1.165, 1.54) is 7.11 Å². The van der Waals surface area contributed by atoms with Crippen LogP contribution in [0, 0.1) is 13.8 Å². The molecule has 0 aliphatic carbocycles. The molecule has 1 aromatic heterocycles. The van der Waals surface area contributed by atoms with Crippen molar-refractivity contribution in [1.82, 2.24) is 9.97 Å². The standard InChI is InChI=1S/C18H17N3O2/c1-11-16(12(2)20-18(19-11)23-3)21-17(22)15-10-6-8-13-7-4-5-9-14(13)15/h4-10H,1-3H3,(H,21,22). The van der Waals surface area contributed by atoms with Gasteiger partial charge in [-0.05, 0) is 30.7 Å². The molecule has 0 aliphatic rings. The molecular formula is C18H17N3O2. The number of carbonyl (C=O) groups excluding carboxylic acids is 1. The lowest BCUT2D eigenvalue weighted by molar-refractivity contribution is 0.102. The second kappa shape index (κ2) is 6.04. The van der Waals surface area contributed by atoms with Crippen molar-refractivity contribution in [2.24, 2.45) is 0 Å². The van der Waals surface area contributed by atoms with Gasteiger partial charge in [0.25, 0.3) is 5.91 Å². The van der Waals surface area contributed by atoms with Gasteiger partial charge in [0, 0.05) is 5.56 Å². The molecule has 0 spiro atoms. The van der Waals surface area contributed by atoms with Gasteiger partial charge < -0.3 is 10.1 Å². The van der Waals surface area contributed by atoms with E-state index < -0.39 is 0 Å². The molecule has 0 bridgehead atoms. The first kappa shape index (κ1) is 15.0. The fourth-order valence-electron chi connectivity index (χ4n) is 2.56. The van der Waals surface area contributed by atoms with Gasteiger partial charge in [-0.15, -0.1) is 0 Å². The Kier molecular flexibility index (Phi) is 3.93. The molecule has 2 aromatic carbocycles. The van der Waals surface area contributed by atoms with Gasteiger partial charge in [0.2, 0.25) is 0 Å². The molecule has 3 rings (SSSR count). The van der Waals surface area contributed by atoms with Gasteiger partial charge in [0.05, 0.1) is 24.2 Å². The van der Waals surface area contributed by atoms with Gasteiger partial charge in [-0.25, -0.2) is 0 Å². The molecule has 0 saturated carbocycles. The van der Waals surface area contributed by atoms with E-state index in [1.54, 1.807) is 0 Å². The van der Waals surface area contributed by atoms with Crippen LogP contribution < -0.4 is 10.1 Å². The molecule has 5 heteroatoms. The number of carbonyl (C=O) groups is 1. The highest BCUT2D eigenvalue weighted by molar-refractivity contribution is 6.13. The zero-order chi connectivity index (χ0) is 16.4. The van der Waals surface area contributed by atoms with E-state index in [0.29, 0.717) is 28.6 Å². The summed E-state index contributed by atoms with van der Waals surface area (Å²) in [6.07, 6.45) is 0. The number of rotatable bonds is 3. The minimum atomic E-state index is -0.179. The second-order valence-corrected chi connectivity index (χ2v) is 5.24. The molecule has 116 valence electrons. The predicted molar refractivity (Wildman–Crippen MR) is 90.0 cm³/mol. The maximum atomic E-state index is 12.7. The molecule has 0 unspecified atom stereocenters. The van der Waals surface area contributed by atoms with E-state index in [0.717, 1.165) is 10.8 Å². The smallest absolute Gasteiger partial charge is 0.316 e. The summed E-state index contributed by atoms with van der Waals surface area (Å²) < 4.78 is 5.04. The molecule has 0 fully saturated rings. The summed E-state index contributed by atoms with van der Waals surface area (Å²) in [5.74, 6) is -0.179. The molecule has 1 N–H and O–H groups in total. The summed E-state index contributed by atoms with van der Waals surface area (Å²) in [6.45, 7) is 3.63. The maximum Gasteiger partial charge on any atom is 0.316 e. The number of ether oxygens (including phenoxy) is 1. The summed E-state index contributed by atoms with van der Waals surface area (Å²) in [5.41, 5.74) is 2.58. The van der Waals surface area contributed by atoms with Crippen molar-refractivity contribution in [3.05, 3.63) is 59.4 Å². The lowest BCUT2D eigenvalue weighted by atomic mass is 10.0. The monoisotopic (exact) mass is 307 g/mol. The first-order valence-electron chi connectivity index (χ1n) is 7.28. The SMILES string of the molecule is COc1nc(C)c(NC(=O)c2cccc3ccccc23)c(C)n1. The quantitative estimate of drug-likeness (QED) is 0.804. The summed E-state index contributed by atoms with van der Waals surface area (Å²) in [4.78, 5) is 21.1. The number of anilines is 1. The van der Waals surface area contributed by atoms with E-state index in [4.69, 9.17) is 4.74 Å². The van der Waals surface area contributed by atoms with Gasteiger partial charge in [-0.2, -0.15) is 9.97 Å². The predicted octanol–water partition coefficient (Wildman–Crippen LogP) is 3.51. The Bertz CT molecular complexity index is 862. The highest BCUT2D eigenvalue weighted by Crippen LogP contribution is 2.23. The van der Waals surface area contributed by atoms with Crippen molar-refractivity contribution >= 4 is 22.4 Å². The zero-order valence-electron chi connectivity index (χ0n) is 13.3. The summed E-state index contributed by atoms with van der Waals surface area (Å²) >= 11 is 0. The number of aromatic nitrogens is 2. The Morgan fingerprint density at radius 3 is 2.35 bits per heavy atom. The number of amides is 1. The molecule has 1 amide bonds. The molecule has 0 radical (unpaired) electrons. The normalized spacial score (nSPS) is 10.6. The van der Waals surface area contributed by atoms with Gasteiger partial charge >= 0.3 is 6.01 Å². The Balaban J connectivity index is 1.99. The number of hydrogen-bond acceptors (Lipinski definition) is 4. The van der Waals surface area contributed by atoms with Crippen LogP contribution >= 0.6 is 0 Å². The Morgan fingerprint density at radius 1 is 1.00 bits per heavy atom. The molecule has 5 nitrogen and oxygen atoms in total. The Morgan fingerprint density at radius 2 is 1.65 bits per heavy atom. The highest BCUT2D eigenvalue weighted by atomic mass is 16.5. The number of hydrogen-bond donors (Lipinski definition) is 1. The summed E-state index contributed by atoms with van der Waals surface area (Å²) in [5, 5.41) is 4.86. The molecule has 0 saturated heterocycles. The van der Waals surface area contributed by atoms with E-state index in [2.05, 4.69) is 15.3 Å². The largest absolute Gasteiger partial charge is 0.467 e. The molecule has 0 atom stereocenters. The third-order valence-corrected chi connectivity index (χ3v) is 3.71. The van der Waals surface area contributed by atoms with Gasteiger partial charge in [0.15, 0.2) is 0 Å². The van der Waals surface area contributed by atoms with Gasteiger partial charge in [-0.1, -0.05) is 36.4 Å². The minimum Gasteiger partial charge on any atom is -0.467 e. The summed E-state index contributed by atoms with van der Waals surface area (Å²) in [6, 6.07) is 13.8. The van der Waals surface area contributed by atoms with Crippen LogP contribution in [-0.4, -0.2) is 23.0 Å². The van der Waals surface area contributed by atoms with Crippen LogP contribution in [0.2, 0.25) is 0 Å². The third-order valence-electron chi connectivity index (χ3n) is 3.71. The Hall–Kier alpha value is -2.95. The van der Waals surface area contributed by atoms with Crippen LogP contribution in [0.5, 0.6) is 6.01 Å². The molecule has 3 aromatic rings. The van der Waals surface area contributed by atoms with Crippen molar-refractivity contribution in [2.75, 3.05) is 12.4 Å². The van der Waals surface area contributed by atoms with E-state index in [-0.39, 0.29) is 5.91 Å². The Labute approximate surface area is 134 Å². The van der Waals surface area contributed by atoms with Crippen molar-refractivity contribution in [3.8, 4) is 6.01 Å². The van der Waals surface area contributed by atoms with E-state index >= 15 is 0 Å². The molecule has 0 aliphatic heterocycles. The molecule has 23 heavy (non-hydrogen) atoms. The number of nitrogens with one attached hydrogen (secondary N) is 1. The fraction of sp³-hybridized carbons (Fsp3) is 0.167. The van der Waals surface area contributed by atoms with Gasteiger partial charge in [0.1, 0.15) is 0 Å². The maximum absolute atomic E-state index is 12.7. The number of methoxy groups -OCH3 is 1. The van der Waals surface area contributed by atoms with Crippen LogP contribution in [0.15, 0.2) is 42.5 Å². The molecule has 1 heterocycles. The van der Waals surface area contributed by atoms with Crippen LogP contribution in [0.3, 0.4) is 0 Å². The number of aryl methyl sites for hydroxylation is 2. The van der Waals surface area contributed by atoms with Crippen LogP contribution in [-0.2, 0) is 0 Å². The first-order valence-corrected chi connectivity index (χ1v) is 7.28. The van der Waals surface area contributed by atoms with E-state index in [1.807, 2.05) is 56.3 Å². The van der Waals surface area contributed by atoms with E-state index in [9.17, 15) is 4.79 Å². The van der Waals surface area contributed by atoms with Crippen molar-refractivity contribution in [3.63, 3.8) is 0 Å². The van der Waals surface area contributed by atoms with Crippen LogP contribution in [0.1, 0.15) is 21.7 Å². The number of benzene rings is 2. The van der Waals surface area contributed by atoms with Crippen molar-refractivity contribution in [1.29, 1.82) is 0 Å². The van der Waals surface area contributed by atoms with Crippen molar-refractivity contribution in [2.45, 2.75) is 13.8 Å². The highest BCUT2D eigenvalue weighted by Gasteiger charge is 2.15. The minimum absolute atomic E-state index is 0.179. The number of fused-ring (bicyclic) bond motifs is 1. The lowest BCUT2D eigenvalue weighted by Gasteiger charge is -2.12. The van der Waals surface area contributed by atoms with Crippen LogP contribution in [0.4, 0.5) is 5.69 Å². The second-order valence-electron chi connectivity index (χ2n) is 5.24. The summed E-state index contributed by atoms with van der Waals surface area (Å²) in [7, 11) is 1.52.